The Labute approximate surface area is 157 Å². The molecule has 3 aromatic rings. The number of phenols is 1. The molecule has 0 spiro atoms. The highest BCUT2D eigenvalue weighted by atomic mass is 16.3. The molecule has 3 heterocycles. The summed E-state index contributed by atoms with van der Waals surface area (Å²) in [5.41, 5.74) is 3.74. The summed E-state index contributed by atoms with van der Waals surface area (Å²) in [7, 11) is 0. The average molecular weight is 360 g/mol. The fourth-order valence-electron chi connectivity index (χ4n) is 4.28. The van der Waals surface area contributed by atoms with Crippen LogP contribution >= 0.6 is 0 Å². The summed E-state index contributed by atoms with van der Waals surface area (Å²) in [5.74, 6) is 0.821. The molecule has 1 aromatic carbocycles. The van der Waals surface area contributed by atoms with Gasteiger partial charge in [-0.25, -0.2) is 9.99 Å². The molecule has 0 saturated carbocycles. The third-order valence-corrected chi connectivity index (χ3v) is 5.48. The molecule has 1 saturated heterocycles. The van der Waals surface area contributed by atoms with E-state index in [1.54, 1.807) is 24.5 Å². The van der Waals surface area contributed by atoms with Crippen molar-refractivity contribution in [3.05, 3.63) is 47.8 Å². The van der Waals surface area contributed by atoms with E-state index in [4.69, 9.17) is 4.98 Å². The molecule has 0 atom stereocenters. The van der Waals surface area contributed by atoms with Crippen LogP contribution in [0.4, 0.5) is 5.82 Å². The van der Waals surface area contributed by atoms with Gasteiger partial charge in [0, 0.05) is 54.6 Å². The highest BCUT2D eigenvalue weighted by Gasteiger charge is 2.35. The molecule has 6 nitrogen and oxygen atoms in total. The summed E-state index contributed by atoms with van der Waals surface area (Å²) in [5, 5.41) is 15.2. The third-order valence-electron chi connectivity index (χ3n) is 5.48. The molecule has 1 fully saturated rings. The van der Waals surface area contributed by atoms with Crippen molar-refractivity contribution >= 4 is 22.5 Å². The van der Waals surface area contributed by atoms with E-state index in [0.29, 0.717) is 22.5 Å². The Morgan fingerprint density at radius 2 is 1.96 bits per heavy atom. The van der Waals surface area contributed by atoms with Crippen LogP contribution in [0.3, 0.4) is 0 Å². The molecule has 27 heavy (non-hydrogen) atoms. The van der Waals surface area contributed by atoms with Gasteiger partial charge in [0.05, 0.1) is 11.1 Å². The molecule has 5 rings (SSSR count). The smallest absolute Gasteiger partial charge is 0.199 e. The number of rotatable bonds is 3. The molecule has 0 radical (unpaired) electrons. The standard InChI is InChI=1S/C21H20N4O2/c1-2-25(24-9-3-4-10-24)21-19-18(14-7-8-22-12-16(14)20(19)27)15-6-5-13(26)11-17(15)23-21/h5-8,11-12,26H,2-4,9-10H2,1H3. The zero-order valence-corrected chi connectivity index (χ0v) is 15.1. The van der Waals surface area contributed by atoms with E-state index < -0.39 is 0 Å². The highest BCUT2D eigenvalue weighted by Crippen LogP contribution is 2.45. The van der Waals surface area contributed by atoms with Crippen molar-refractivity contribution in [2.45, 2.75) is 19.8 Å². The fourth-order valence-corrected chi connectivity index (χ4v) is 4.28. The van der Waals surface area contributed by atoms with Crippen LogP contribution in [-0.2, 0) is 0 Å². The number of carbonyl (C=O) groups excluding carboxylic acids is 1. The number of fused-ring (bicyclic) bond motifs is 5. The van der Waals surface area contributed by atoms with Gasteiger partial charge in [-0.2, -0.15) is 0 Å². The van der Waals surface area contributed by atoms with Gasteiger partial charge in [-0.3, -0.25) is 14.8 Å². The van der Waals surface area contributed by atoms with Crippen LogP contribution in [0.2, 0.25) is 0 Å². The van der Waals surface area contributed by atoms with Crippen molar-refractivity contribution in [3.63, 3.8) is 0 Å². The topological polar surface area (TPSA) is 69.6 Å². The second-order valence-electron chi connectivity index (χ2n) is 7.01. The first-order valence-corrected chi connectivity index (χ1v) is 9.37. The monoisotopic (exact) mass is 360 g/mol. The molecular weight excluding hydrogens is 340 g/mol. The van der Waals surface area contributed by atoms with E-state index in [9.17, 15) is 9.90 Å². The predicted molar refractivity (Wildman–Crippen MR) is 104 cm³/mol. The minimum atomic E-state index is -0.0248. The van der Waals surface area contributed by atoms with Crippen LogP contribution < -0.4 is 5.01 Å². The molecule has 1 N–H and O–H groups in total. The maximum absolute atomic E-state index is 13.3. The average Bonchev–Trinajstić information content (AvgIpc) is 3.30. The summed E-state index contributed by atoms with van der Waals surface area (Å²) in [6.07, 6.45) is 5.64. The van der Waals surface area contributed by atoms with Crippen molar-refractivity contribution < 1.29 is 9.90 Å². The van der Waals surface area contributed by atoms with E-state index in [1.165, 1.54) is 0 Å². The highest BCUT2D eigenvalue weighted by molar-refractivity contribution is 6.27. The van der Waals surface area contributed by atoms with Crippen LogP contribution in [-0.4, -0.2) is 45.5 Å². The first-order chi connectivity index (χ1) is 13.2. The van der Waals surface area contributed by atoms with Gasteiger partial charge in [0.25, 0.3) is 0 Å². The van der Waals surface area contributed by atoms with Crippen LogP contribution in [0, 0.1) is 0 Å². The van der Waals surface area contributed by atoms with E-state index in [1.807, 2.05) is 12.1 Å². The number of pyridine rings is 2. The molecule has 2 aromatic heterocycles. The zero-order valence-electron chi connectivity index (χ0n) is 15.1. The number of phenolic OH excluding ortho intramolecular Hbond substituents is 1. The Bertz CT molecular complexity index is 1070. The number of hydrogen-bond donors (Lipinski definition) is 1. The summed E-state index contributed by atoms with van der Waals surface area (Å²) in [6, 6.07) is 7.04. The van der Waals surface area contributed by atoms with Gasteiger partial charge >= 0.3 is 0 Å². The number of aromatic nitrogens is 2. The van der Waals surface area contributed by atoms with Crippen LogP contribution in [0.1, 0.15) is 35.7 Å². The number of carbonyl (C=O) groups is 1. The zero-order chi connectivity index (χ0) is 18.5. The molecule has 6 heteroatoms. The normalized spacial score (nSPS) is 16.0. The van der Waals surface area contributed by atoms with E-state index >= 15 is 0 Å². The van der Waals surface area contributed by atoms with Crippen molar-refractivity contribution in [3.8, 4) is 16.9 Å². The predicted octanol–water partition coefficient (Wildman–Crippen LogP) is 3.38. The first-order valence-electron chi connectivity index (χ1n) is 9.37. The number of benzene rings is 1. The fraction of sp³-hybridized carbons (Fsp3) is 0.286. The number of anilines is 1. The molecule has 1 aliphatic carbocycles. The maximum atomic E-state index is 13.3. The van der Waals surface area contributed by atoms with Crippen LogP contribution in [0.25, 0.3) is 22.0 Å². The number of hydrogen-bond acceptors (Lipinski definition) is 6. The quantitative estimate of drug-likeness (QED) is 0.604. The Kier molecular flexibility index (Phi) is 3.62. The van der Waals surface area contributed by atoms with Crippen molar-refractivity contribution in [2.24, 2.45) is 0 Å². The lowest BCUT2D eigenvalue weighted by Crippen LogP contribution is -2.42. The molecule has 0 amide bonds. The van der Waals surface area contributed by atoms with E-state index in [0.717, 1.165) is 49.0 Å². The largest absolute Gasteiger partial charge is 0.508 e. The Hall–Kier alpha value is -2.99. The summed E-state index contributed by atoms with van der Waals surface area (Å²) < 4.78 is 0. The first kappa shape index (κ1) is 16.2. The Morgan fingerprint density at radius 3 is 2.74 bits per heavy atom. The summed E-state index contributed by atoms with van der Waals surface area (Å²) >= 11 is 0. The molecular formula is C21H20N4O2. The maximum Gasteiger partial charge on any atom is 0.199 e. The van der Waals surface area contributed by atoms with Gasteiger partial charge in [-0.1, -0.05) is 0 Å². The van der Waals surface area contributed by atoms with Crippen molar-refractivity contribution in [1.29, 1.82) is 0 Å². The van der Waals surface area contributed by atoms with Gasteiger partial charge in [-0.05, 0) is 43.5 Å². The summed E-state index contributed by atoms with van der Waals surface area (Å²) in [6.45, 7) is 4.73. The van der Waals surface area contributed by atoms with Gasteiger partial charge < -0.3 is 5.11 Å². The van der Waals surface area contributed by atoms with Gasteiger partial charge in [0.15, 0.2) is 11.6 Å². The summed E-state index contributed by atoms with van der Waals surface area (Å²) in [4.78, 5) is 22.3. The van der Waals surface area contributed by atoms with E-state index in [2.05, 4.69) is 21.9 Å². The lowest BCUT2D eigenvalue weighted by atomic mass is 10.0. The molecule has 2 aliphatic rings. The lowest BCUT2D eigenvalue weighted by molar-refractivity contribution is 0.104. The van der Waals surface area contributed by atoms with Crippen molar-refractivity contribution in [1.82, 2.24) is 15.0 Å². The molecule has 136 valence electrons. The second-order valence-corrected chi connectivity index (χ2v) is 7.01. The Balaban J connectivity index is 1.84. The second kappa shape index (κ2) is 6.03. The van der Waals surface area contributed by atoms with Crippen LogP contribution in [0.5, 0.6) is 5.75 Å². The number of aromatic hydroxyl groups is 1. The van der Waals surface area contributed by atoms with Gasteiger partial charge in [-0.15, -0.1) is 0 Å². The number of hydrazine groups is 1. The van der Waals surface area contributed by atoms with Gasteiger partial charge in [0.1, 0.15) is 5.75 Å². The van der Waals surface area contributed by atoms with Crippen molar-refractivity contribution in [2.75, 3.05) is 24.6 Å². The van der Waals surface area contributed by atoms with E-state index in [-0.39, 0.29) is 11.5 Å². The number of ketones is 1. The minimum absolute atomic E-state index is 0.0248. The molecule has 0 unspecified atom stereocenters. The van der Waals surface area contributed by atoms with Gasteiger partial charge in [0.2, 0.25) is 0 Å². The molecule has 1 aliphatic heterocycles. The SMILES string of the molecule is CCN(c1nc2cc(O)ccc2c2c1C(=O)c1cnccc1-2)N1CCCC1. The van der Waals surface area contributed by atoms with Crippen LogP contribution in [0.15, 0.2) is 36.7 Å². The minimum Gasteiger partial charge on any atom is -0.508 e. The Morgan fingerprint density at radius 1 is 1.15 bits per heavy atom. The number of nitrogens with zero attached hydrogens (tertiary/aromatic N) is 4. The molecule has 0 bridgehead atoms. The third kappa shape index (κ3) is 2.33. The lowest BCUT2D eigenvalue weighted by Gasteiger charge is -2.33.